The molecule has 1 aliphatic heterocycles. The van der Waals surface area contributed by atoms with Crippen LogP contribution in [0.4, 0.5) is 4.79 Å². The number of aromatic nitrogens is 1. The van der Waals surface area contributed by atoms with Crippen LogP contribution in [0.1, 0.15) is 29.5 Å². The smallest absolute Gasteiger partial charge is 0.317 e. The van der Waals surface area contributed by atoms with Gasteiger partial charge in [0.25, 0.3) is 0 Å². The van der Waals surface area contributed by atoms with Gasteiger partial charge in [-0.1, -0.05) is 35.0 Å². The van der Waals surface area contributed by atoms with Crippen LogP contribution >= 0.6 is 11.6 Å². The van der Waals surface area contributed by atoms with E-state index in [-0.39, 0.29) is 24.4 Å². The number of hydrogen-bond donors (Lipinski definition) is 1. The van der Waals surface area contributed by atoms with E-state index < -0.39 is 0 Å². The van der Waals surface area contributed by atoms with E-state index in [9.17, 15) is 9.59 Å². The number of rotatable bonds is 5. The fourth-order valence-electron chi connectivity index (χ4n) is 3.53. The molecule has 0 aliphatic carbocycles. The average molecular weight is 419 g/mol. The quantitative estimate of drug-likeness (QED) is 0.809. The van der Waals surface area contributed by atoms with Crippen LogP contribution in [-0.4, -0.2) is 59.1 Å². The predicted molar refractivity (Wildman–Crippen MR) is 111 cm³/mol. The Labute approximate surface area is 176 Å². The number of nitrogens with zero attached hydrogens (tertiary/aromatic N) is 3. The molecule has 1 fully saturated rings. The average Bonchev–Trinajstić information content (AvgIpc) is 3.01. The van der Waals surface area contributed by atoms with Crippen molar-refractivity contribution < 1.29 is 14.1 Å². The van der Waals surface area contributed by atoms with Crippen molar-refractivity contribution in [3.8, 4) is 0 Å². The van der Waals surface area contributed by atoms with Crippen molar-refractivity contribution in [2.75, 3.05) is 26.2 Å². The highest BCUT2D eigenvalue weighted by atomic mass is 35.5. The number of carbonyl (C=O) groups excluding carboxylic acids is 2. The number of benzene rings is 1. The first-order valence-electron chi connectivity index (χ1n) is 9.83. The summed E-state index contributed by atoms with van der Waals surface area (Å²) < 4.78 is 5.18. The Kier molecular flexibility index (Phi) is 6.79. The first-order valence-corrected chi connectivity index (χ1v) is 10.2. The maximum Gasteiger partial charge on any atom is 0.317 e. The summed E-state index contributed by atoms with van der Waals surface area (Å²) in [5.74, 6) is 0.819. The summed E-state index contributed by atoms with van der Waals surface area (Å²) in [4.78, 5) is 28.7. The number of nitrogens with one attached hydrogen (secondary N) is 1. The van der Waals surface area contributed by atoms with Crippen LogP contribution in [0.25, 0.3) is 0 Å². The molecule has 0 saturated carbocycles. The summed E-state index contributed by atoms with van der Waals surface area (Å²) in [7, 11) is 0. The third kappa shape index (κ3) is 5.29. The fraction of sp³-hybridized carbons (Fsp3) is 0.476. The monoisotopic (exact) mass is 418 g/mol. The first-order chi connectivity index (χ1) is 13.8. The highest BCUT2D eigenvalue weighted by Crippen LogP contribution is 2.17. The Morgan fingerprint density at radius 2 is 1.83 bits per heavy atom. The van der Waals surface area contributed by atoms with Crippen LogP contribution in [-0.2, 0) is 17.6 Å². The normalized spacial score (nSPS) is 15.3. The molecule has 8 heteroatoms. The maximum absolute atomic E-state index is 12.6. The van der Waals surface area contributed by atoms with Crippen molar-refractivity contribution in [1.82, 2.24) is 20.3 Å². The predicted octanol–water partition coefficient (Wildman–Crippen LogP) is 2.97. The van der Waals surface area contributed by atoms with Crippen LogP contribution in [0, 0.1) is 13.8 Å². The Bertz CT molecular complexity index is 855. The second kappa shape index (κ2) is 9.31. The van der Waals surface area contributed by atoms with Gasteiger partial charge < -0.3 is 19.6 Å². The van der Waals surface area contributed by atoms with Gasteiger partial charge in [-0.2, -0.15) is 0 Å². The standard InChI is InChI=1S/C21H27ClN4O3/c1-14(12-18-15(2)24-29-16(18)3)23-21(28)26-10-8-25(9-11-26)20(27)13-17-6-4-5-7-19(17)22/h4-7,14H,8-13H2,1-3H3,(H,23,28). The van der Waals surface area contributed by atoms with Gasteiger partial charge in [0.05, 0.1) is 12.1 Å². The number of hydrogen-bond acceptors (Lipinski definition) is 4. The van der Waals surface area contributed by atoms with E-state index in [1.54, 1.807) is 15.9 Å². The molecule has 3 rings (SSSR count). The van der Waals surface area contributed by atoms with Gasteiger partial charge in [-0.3, -0.25) is 4.79 Å². The molecule has 1 aliphatic rings. The lowest BCUT2D eigenvalue weighted by Gasteiger charge is -2.35. The number of halogens is 1. The van der Waals surface area contributed by atoms with Crippen molar-refractivity contribution in [2.45, 2.75) is 39.7 Å². The molecule has 2 aromatic rings. The largest absolute Gasteiger partial charge is 0.361 e. The molecule has 7 nitrogen and oxygen atoms in total. The molecule has 3 amide bonds. The minimum atomic E-state index is -0.109. The Balaban J connectivity index is 1.46. The van der Waals surface area contributed by atoms with E-state index in [0.717, 1.165) is 22.6 Å². The first kappa shape index (κ1) is 21.2. The molecule has 1 unspecified atom stereocenters. The number of amides is 3. The lowest BCUT2D eigenvalue weighted by atomic mass is 10.1. The third-order valence-electron chi connectivity index (χ3n) is 5.28. The lowest BCUT2D eigenvalue weighted by molar-refractivity contribution is -0.131. The third-order valence-corrected chi connectivity index (χ3v) is 5.65. The van der Waals surface area contributed by atoms with E-state index in [1.807, 2.05) is 39.0 Å². The minimum Gasteiger partial charge on any atom is -0.361 e. The van der Waals surface area contributed by atoms with Gasteiger partial charge in [0, 0.05) is 42.8 Å². The topological polar surface area (TPSA) is 78.7 Å². The van der Waals surface area contributed by atoms with Crippen molar-refractivity contribution in [3.63, 3.8) is 0 Å². The molecule has 1 saturated heterocycles. The number of piperazine rings is 1. The highest BCUT2D eigenvalue weighted by Gasteiger charge is 2.25. The van der Waals surface area contributed by atoms with Gasteiger partial charge >= 0.3 is 6.03 Å². The second-order valence-corrected chi connectivity index (χ2v) is 7.90. The van der Waals surface area contributed by atoms with E-state index >= 15 is 0 Å². The van der Waals surface area contributed by atoms with Crippen LogP contribution in [0.2, 0.25) is 5.02 Å². The van der Waals surface area contributed by atoms with E-state index in [2.05, 4.69) is 10.5 Å². The van der Waals surface area contributed by atoms with Gasteiger partial charge in [0.1, 0.15) is 5.76 Å². The van der Waals surface area contributed by atoms with Crippen LogP contribution in [0.15, 0.2) is 28.8 Å². The molecule has 0 radical (unpaired) electrons. The molecule has 1 N–H and O–H groups in total. The number of aryl methyl sites for hydroxylation is 2. The molecule has 1 aromatic heterocycles. The van der Waals surface area contributed by atoms with Crippen molar-refractivity contribution in [3.05, 3.63) is 51.9 Å². The summed E-state index contributed by atoms with van der Waals surface area (Å²) in [5, 5.41) is 7.59. The molecule has 156 valence electrons. The summed E-state index contributed by atoms with van der Waals surface area (Å²) in [6.07, 6.45) is 0.948. The van der Waals surface area contributed by atoms with Crippen LogP contribution in [0.5, 0.6) is 0 Å². The second-order valence-electron chi connectivity index (χ2n) is 7.49. The summed E-state index contributed by atoms with van der Waals surface area (Å²) in [5.41, 5.74) is 2.72. The molecule has 2 heterocycles. The highest BCUT2D eigenvalue weighted by molar-refractivity contribution is 6.31. The number of carbonyl (C=O) groups is 2. The van der Waals surface area contributed by atoms with E-state index in [4.69, 9.17) is 16.1 Å². The molecule has 1 atom stereocenters. The summed E-state index contributed by atoms with van der Waals surface area (Å²) in [6, 6.07) is 7.23. The van der Waals surface area contributed by atoms with Crippen molar-refractivity contribution >= 4 is 23.5 Å². The molecular weight excluding hydrogens is 392 g/mol. The van der Waals surface area contributed by atoms with Gasteiger partial charge in [0.15, 0.2) is 0 Å². The van der Waals surface area contributed by atoms with E-state index in [1.165, 1.54) is 0 Å². The lowest BCUT2D eigenvalue weighted by Crippen LogP contribution is -2.54. The molecule has 1 aromatic carbocycles. The van der Waals surface area contributed by atoms with Crippen LogP contribution in [0.3, 0.4) is 0 Å². The van der Waals surface area contributed by atoms with E-state index in [0.29, 0.717) is 37.6 Å². The van der Waals surface area contributed by atoms with Crippen molar-refractivity contribution in [1.29, 1.82) is 0 Å². The molecule has 0 spiro atoms. The molecular formula is C21H27ClN4O3. The summed E-state index contributed by atoms with van der Waals surface area (Å²) >= 11 is 6.15. The molecule has 0 bridgehead atoms. The Hall–Kier alpha value is -2.54. The van der Waals surface area contributed by atoms with Gasteiger partial charge in [-0.25, -0.2) is 4.79 Å². The van der Waals surface area contributed by atoms with Crippen LogP contribution < -0.4 is 5.32 Å². The Morgan fingerprint density at radius 3 is 2.45 bits per heavy atom. The summed E-state index contributed by atoms with van der Waals surface area (Å²) in [6.45, 7) is 7.81. The zero-order chi connectivity index (χ0) is 21.0. The zero-order valence-electron chi connectivity index (χ0n) is 17.1. The minimum absolute atomic E-state index is 0.0323. The maximum atomic E-state index is 12.6. The zero-order valence-corrected chi connectivity index (χ0v) is 17.8. The van der Waals surface area contributed by atoms with Crippen molar-refractivity contribution in [2.24, 2.45) is 0 Å². The van der Waals surface area contributed by atoms with Gasteiger partial charge in [0.2, 0.25) is 5.91 Å². The fourth-order valence-corrected chi connectivity index (χ4v) is 3.73. The SMILES string of the molecule is Cc1noc(C)c1CC(C)NC(=O)N1CCN(C(=O)Cc2ccccc2Cl)CC1. The Morgan fingerprint density at radius 1 is 1.17 bits per heavy atom. The van der Waals surface area contributed by atoms with Gasteiger partial charge in [-0.15, -0.1) is 0 Å². The number of urea groups is 1. The molecule has 29 heavy (non-hydrogen) atoms. The van der Waals surface area contributed by atoms with Gasteiger partial charge in [-0.05, 0) is 38.8 Å².